The van der Waals surface area contributed by atoms with Gasteiger partial charge in [0, 0.05) is 60.3 Å². The van der Waals surface area contributed by atoms with Crippen molar-refractivity contribution in [3.8, 4) is 40.2 Å². The Morgan fingerprint density at radius 3 is 0.734 bits per heavy atom. The van der Waals surface area contributed by atoms with Crippen molar-refractivity contribution < 1.29 is 56.2 Å². The van der Waals surface area contributed by atoms with Gasteiger partial charge in [0.15, 0.2) is 0 Å². The predicted molar refractivity (Wildman–Crippen MR) is 242 cm³/mol. The molecule has 0 aliphatic heterocycles. The predicted octanol–water partition coefficient (Wildman–Crippen LogP) is 7.70. The highest BCUT2D eigenvalue weighted by atomic mass is 16.3. The lowest BCUT2D eigenvalue weighted by molar-refractivity contribution is 0.274. The zero-order valence-electron chi connectivity index (χ0n) is 35.3. The average molecular weight is 865 g/mol. The monoisotopic (exact) mass is 864 g/mol. The van der Waals surface area contributed by atoms with E-state index in [-0.39, 0.29) is 97.7 Å². The van der Waals surface area contributed by atoms with Crippen molar-refractivity contribution in [3.05, 3.63) is 204 Å². The molecule has 330 valence electrons. The van der Waals surface area contributed by atoms with Crippen LogP contribution in [-0.2, 0) is 58.5 Å². The van der Waals surface area contributed by atoms with E-state index in [0.717, 1.165) is 5.56 Å². The van der Waals surface area contributed by atoms with Crippen molar-refractivity contribution >= 4 is 0 Å². The Labute approximate surface area is 371 Å². The third-order valence-electron chi connectivity index (χ3n) is 12.2. The molecule has 7 aromatic carbocycles. The molecule has 0 saturated carbocycles. The van der Waals surface area contributed by atoms with Crippen molar-refractivity contribution in [2.75, 3.05) is 0 Å². The first-order valence-corrected chi connectivity index (χ1v) is 21.0. The van der Waals surface area contributed by atoms with E-state index in [1.807, 2.05) is 19.1 Å². The van der Waals surface area contributed by atoms with E-state index in [1.165, 1.54) is 0 Å². The van der Waals surface area contributed by atoms with Crippen LogP contribution >= 0.6 is 0 Å². The van der Waals surface area contributed by atoms with Crippen LogP contribution in [0.15, 0.2) is 115 Å². The minimum Gasteiger partial charge on any atom is -0.507 e. The van der Waals surface area contributed by atoms with E-state index in [4.69, 9.17) is 0 Å². The summed E-state index contributed by atoms with van der Waals surface area (Å²) < 4.78 is 0. The molecular weight excluding hydrogens is 813 g/mol. The van der Waals surface area contributed by atoms with Gasteiger partial charge in [-0.15, -0.1) is 0 Å². The van der Waals surface area contributed by atoms with Gasteiger partial charge in [-0.1, -0.05) is 116 Å². The quantitative estimate of drug-likeness (QED) is 0.0452. The first kappa shape index (κ1) is 45.0. The zero-order chi connectivity index (χ0) is 45.7. The topological polar surface area (TPSA) is 223 Å². The Morgan fingerprint density at radius 1 is 0.281 bits per heavy atom. The van der Waals surface area contributed by atoms with Gasteiger partial charge in [-0.25, -0.2) is 0 Å². The fraction of sp³-hybridized carbons (Fsp3) is 0.208. The molecule has 0 saturated heterocycles. The van der Waals surface area contributed by atoms with Crippen LogP contribution in [0.1, 0.15) is 102 Å². The van der Waals surface area contributed by atoms with Crippen LogP contribution in [0.2, 0.25) is 0 Å². The second-order valence-corrected chi connectivity index (χ2v) is 16.2. The van der Waals surface area contributed by atoms with Gasteiger partial charge >= 0.3 is 0 Å². The van der Waals surface area contributed by atoms with Crippen molar-refractivity contribution in [2.45, 2.75) is 71.4 Å². The maximum atomic E-state index is 12.1. The summed E-state index contributed by atoms with van der Waals surface area (Å²) in [5.41, 5.74) is 7.69. The average Bonchev–Trinajstić information content (AvgIpc) is 3.29. The number of aliphatic hydroxyl groups is 4. The van der Waals surface area contributed by atoms with Crippen LogP contribution in [0.5, 0.6) is 40.2 Å². The normalized spacial score (nSPS) is 11.8. The van der Waals surface area contributed by atoms with Gasteiger partial charge in [0.25, 0.3) is 0 Å². The second kappa shape index (κ2) is 19.6. The number of para-hydroxylation sites is 5. The summed E-state index contributed by atoms with van der Waals surface area (Å²) in [6.45, 7) is 0.410. The molecule has 0 spiro atoms. The SMILES string of the molecule is CC(c1cc(CO)c(O)c(Cc2cccc(CO)c2O)c1)c1cc(Cc2cccc(Cc3cccc(CO)c3O)c2O)c(O)c(Cc2cccc(Cc3cccc(CO)c3O)c2O)c1. The lowest BCUT2D eigenvalue weighted by atomic mass is 9.85. The first-order valence-electron chi connectivity index (χ1n) is 21.0. The number of rotatable bonds is 16. The Bertz CT molecular complexity index is 2680. The molecule has 11 nitrogen and oxygen atoms in total. The molecular formula is C53H52O11. The molecule has 0 aliphatic carbocycles. The zero-order valence-corrected chi connectivity index (χ0v) is 35.3. The minimum atomic E-state index is -0.469. The third kappa shape index (κ3) is 9.34. The molecule has 0 aromatic heterocycles. The lowest BCUT2D eigenvalue weighted by Gasteiger charge is -2.21. The van der Waals surface area contributed by atoms with E-state index >= 15 is 0 Å². The molecule has 0 heterocycles. The smallest absolute Gasteiger partial charge is 0.124 e. The Kier molecular flexibility index (Phi) is 13.8. The first-order chi connectivity index (χ1) is 30.8. The van der Waals surface area contributed by atoms with Crippen LogP contribution < -0.4 is 0 Å². The van der Waals surface area contributed by atoms with Crippen LogP contribution in [0.3, 0.4) is 0 Å². The molecule has 0 aliphatic rings. The molecule has 7 rings (SSSR count). The number of benzene rings is 7. The molecule has 1 atom stereocenters. The van der Waals surface area contributed by atoms with Crippen molar-refractivity contribution in [2.24, 2.45) is 0 Å². The Hall–Kier alpha value is -7.02. The summed E-state index contributed by atoms with van der Waals surface area (Å²) in [5, 5.41) is 119. The van der Waals surface area contributed by atoms with Crippen LogP contribution in [-0.4, -0.2) is 56.2 Å². The van der Waals surface area contributed by atoms with Crippen molar-refractivity contribution in [1.82, 2.24) is 0 Å². The number of aliphatic hydroxyl groups excluding tert-OH is 4. The number of hydrogen-bond acceptors (Lipinski definition) is 11. The van der Waals surface area contributed by atoms with Gasteiger partial charge in [-0.3, -0.25) is 0 Å². The summed E-state index contributed by atoms with van der Waals surface area (Å²) >= 11 is 0. The van der Waals surface area contributed by atoms with E-state index in [0.29, 0.717) is 77.9 Å². The summed E-state index contributed by atoms with van der Waals surface area (Å²) in [5.74, 6) is -0.864. The van der Waals surface area contributed by atoms with Gasteiger partial charge in [0.1, 0.15) is 40.2 Å². The van der Waals surface area contributed by atoms with Crippen LogP contribution in [0.4, 0.5) is 0 Å². The minimum absolute atomic E-state index is 0.0288. The largest absolute Gasteiger partial charge is 0.507 e. The van der Waals surface area contributed by atoms with Gasteiger partial charge in [-0.2, -0.15) is 0 Å². The number of hydrogen-bond donors (Lipinski definition) is 11. The highest BCUT2D eigenvalue weighted by Gasteiger charge is 2.22. The summed E-state index contributed by atoms with van der Waals surface area (Å²) in [6.07, 6.45) is 0.600. The van der Waals surface area contributed by atoms with Gasteiger partial charge in [-0.05, 0) is 72.8 Å². The molecule has 0 fully saturated rings. The van der Waals surface area contributed by atoms with Crippen LogP contribution in [0, 0.1) is 0 Å². The van der Waals surface area contributed by atoms with Crippen molar-refractivity contribution in [3.63, 3.8) is 0 Å². The lowest BCUT2D eigenvalue weighted by Crippen LogP contribution is -2.05. The molecule has 0 amide bonds. The van der Waals surface area contributed by atoms with Gasteiger partial charge < -0.3 is 56.2 Å². The maximum Gasteiger partial charge on any atom is 0.124 e. The van der Waals surface area contributed by atoms with Crippen molar-refractivity contribution in [1.29, 1.82) is 0 Å². The van der Waals surface area contributed by atoms with E-state index in [9.17, 15) is 56.2 Å². The summed E-state index contributed by atoms with van der Waals surface area (Å²) in [7, 11) is 0. The number of phenols is 7. The molecule has 11 heteroatoms. The van der Waals surface area contributed by atoms with E-state index < -0.39 is 12.5 Å². The van der Waals surface area contributed by atoms with E-state index in [1.54, 1.807) is 103 Å². The maximum absolute atomic E-state index is 12.1. The summed E-state index contributed by atoms with van der Waals surface area (Å²) in [6, 6.07) is 32.8. The molecule has 7 aromatic rings. The van der Waals surface area contributed by atoms with Gasteiger partial charge in [0.05, 0.1) is 26.4 Å². The molecule has 1 unspecified atom stereocenters. The Balaban J connectivity index is 1.30. The number of phenolic OH excluding ortho intramolecular Hbond substituents is 3. The molecule has 11 N–H and O–H groups in total. The fourth-order valence-electron chi connectivity index (χ4n) is 8.42. The Morgan fingerprint density at radius 2 is 0.469 bits per heavy atom. The van der Waals surface area contributed by atoms with E-state index in [2.05, 4.69) is 0 Å². The molecule has 64 heavy (non-hydrogen) atoms. The van der Waals surface area contributed by atoms with Gasteiger partial charge in [0.2, 0.25) is 0 Å². The summed E-state index contributed by atoms with van der Waals surface area (Å²) in [4.78, 5) is 0. The highest BCUT2D eigenvalue weighted by Crippen LogP contribution is 2.40. The standard InChI is InChI=1S/C53H52O11/c1-30(42-24-45(53(64)46(25-42)29-57)21-37-13-6-16-40(28-56)51(37)62)41-22-43(19-35-9-2-7-31(47(35)58)17-33-11-4-14-38(26-54)49(33)60)52(63)44(23-41)20-36-10-3-8-32(48(36)59)18-34-12-5-15-39(27-55)50(34)61/h2-16,22-25,30,54-64H,17-21,26-29H2,1H3. The number of aromatic hydroxyl groups is 7. The molecule has 0 bridgehead atoms. The fourth-order valence-corrected chi connectivity index (χ4v) is 8.42. The highest BCUT2D eigenvalue weighted by molar-refractivity contribution is 5.57. The second-order valence-electron chi connectivity index (χ2n) is 16.2. The molecule has 0 radical (unpaired) electrons. The third-order valence-corrected chi connectivity index (χ3v) is 12.2. The van der Waals surface area contributed by atoms with Crippen LogP contribution in [0.25, 0.3) is 0 Å².